The zero-order chi connectivity index (χ0) is 27.7. The molecule has 0 unspecified atom stereocenters. The SMILES string of the molecule is C=C/C(NC(=C)N=C/C(=C\C)c1ccc(CC(=O)Nc2cncc(C(F)(F)F)c2)cc1)=C1/C=CC=CN1C. The molecule has 0 fully saturated rings. The van der Waals surface area contributed by atoms with Crippen molar-refractivity contribution in [1.82, 2.24) is 15.2 Å². The summed E-state index contributed by atoms with van der Waals surface area (Å²) in [4.78, 5) is 22.3. The van der Waals surface area contributed by atoms with E-state index < -0.39 is 17.6 Å². The molecule has 38 heavy (non-hydrogen) atoms. The first-order valence-electron chi connectivity index (χ1n) is 11.6. The van der Waals surface area contributed by atoms with E-state index in [-0.39, 0.29) is 12.1 Å². The van der Waals surface area contributed by atoms with Crippen molar-refractivity contribution in [3.05, 3.63) is 126 Å². The highest BCUT2D eigenvalue weighted by atomic mass is 19.4. The number of carbonyl (C=O) groups is 1. The number of aliphatic imine (C=N–C) groups is 1. The van der Waals surface area contributed by atoms with Crippen LogP contribution < -0.4 is 10.6 Å². The lowest BCUT2D eigenvalue weighted by molar-refractivity contribution is -0.137. The molecule has 0 bridgehead atoms. The maximum atomic E-state index is 12.9. The molecule has 196 valence electrons. The molecule has 9 heteroatoms. The highest BCUT2D eigenvalue weighted by molar-refractivity contribution is 6.10. The minimum absolute atomic E-state index is 0.00636. The summed E-state index contributed by atoms with van der Waals surface area (Å²) in [6, 6.07) is 8.10. The molecule has 0 atom stereocenters. The van der Waals surface area contributed by atoms with E-state index in [0.29, 0.717) is 17.6 Å². The number of hydrogen-bond donors (Lipinski definition) is 2. The van der Waals surface area contributed by atoms with Crippen molar-refractivity contribution >= 4 is 23.4 Å². The molecule has 0 radical (unpaired) electrons. The number of carbonyl (C=O) groups excluding carboxylic acids is 1. The molecule has 3 rings (SSSR count). The average molecular weight is 520 g/mol. The summed E-state index contributed by atoms with van der Waals surface area (Å²) in [5.41, 5.74) is 3.16. The Balaban J connectivity index is 1.61. The third-order valence-electron chi connectivity index (χ3n) is 5.49. The van der Waals surface area contributed by atoms with Gasteiger partial charge in [0.15, 0.2) is 0 Å². The summed E-state index contributed by atoms with van der Waals surface area (Å²) < 4.78 is 38.6. The number of aromatic nitrogens is 1. The molecular formula is C29H28F3N5O. The molecule has 2 N–H and O–H groups in total. The van der Waals surface area contributed by atoms with Gasteiger partial charge in [0, 0.05) is 25.7 Å². The molecule has 0 aliphatic carbocycles. The van der Waals surface area contributed by atoms with E-state index in [1.54, 1.807) is 24.4 Å². The normalized spacial score (nSPS) is 15.0. The molecule has 1 amide bonds. The maximum Gasteiger partial charge on any atom is 0.417 e. The van der Waals surface area contributed by atoms with Crippen LogP contribution in [0.15, 0.2) is 115 Å². The smallest absolute Gasteiger partial charge is 0.349 e. The zero-order valence-corrected chi connectivity index (χ0v) is 21.1. The first kappa shape index (κ1) is 27.9. The van der Waals surface area contributed by atoms with Crippen molar-refractivity contribution in [3.8, 4) is 0 Å². The Kier molecular flexibility index (Phi) is 9.21. The van der Waals surface area contributed by atoms with Crippen molar-refractivity contribution in [2.45, 2.75) is 19.5 Å². The van der Waals surface area contributed by atoms with Gasteiger partial charge in [-0.05, 0) is 47.9 Å². The van der Waals surface area contributed by atoms with Crippen molar-refractivity contribution in [2.24, 2.45) is 4.99 Å². The minimum Gasteiger partial charge on any atom is -0.349 e. The van der Waals surface area contributed by atoms with Gasteiger partial charge in [-0.3, -0.25) is 9.78 Å². The second-order valence-corrected chi connectivity index (χ2v) is 8.27. The van der Waals surface area contributed by atoms with Crippen molar-refractivity contribution in [1.29, 1.82) is 0 Å². The van der Waals surface area contributed by atoms with Crippen LogP contribution in [-0.2, 0) is 17.4 Å². The van der Waals surface area contributed by atoms with Gasteiger partial charge < -0.3 is 15.5 Å². The molecule has 0 saturated carbocycles. The molecule has 0 saturated heterocycles. The maximum absolute atomic E-state index is 12.9. The second-order valence-electron chi connectivity index (χ2n) is 8.27. The summed E-state index contributed by atoms with van der Waals surface area (Å²) in [6.45, 7) is 9.72. The number of hydrogen-bond acceptors (Lipinski definition) is 5. The highest BCUT2D eigenvalue weighted by Crippen LogP contribution is 2.30. The standard InChI is InChI=1S/C29H28F3N5O/c1-5-22(17-34-20(3)35-26(6-2)27-9-7-8-14-37(27)4)23-12-10-21(11-13-23)15-28(38)36-25-16-24(18-33-19-25)29(30,31)32/h5-14,16-19,35H,2-3,15H2,1,4H3,(H,36,38)/b22-5+,27-26+,34-17?. The van der Waals surface area contributed by atoms with Crippen LogP contribution in [0.25, 0.3) is 5.57 Å². The fourth-order valence-corrected chi connectivity index (χ4v) is 3.54. The molecule has 1 aliphatic heterocycles. The summed E-state index contributed by atoms with van der Waals surface area (Å²) in [5, 5.41) is 5.62. The van der Waals surface area contributed by atoms with Gasteiger partial charge in [0.2, 0.25) is 5.91 Å². The Morgan fingerprint density at radius 1 is 1.18 bits per heavy atom. The Morgan fingerprint density at radius 2 is 1.92 bits per heavy atom. The monoisotopic (exact) mass is 519 g/mol. The molecular weight excluding hydrogens is 491 g/mol. The van der Waals surface area contributed by atoms with E-state index in [4.69, 9.17) is 0 Å². The predicted octanol–water partition coefficient (Wildman–Crippen LogP) is 6.23. The lowest BCUT2D eigenvalue weighted by Gasteiger charge is -2.21. The number of amides is 1. The third-order valence-corrected chi connectivity index (χ3v) is 5.49. The first-order chi connectivity index (χ1) is 18.1. The van der Waals surface area contributed by atoms with Gasteiger partial charge >= 0.3 is 6.18 Å². The number of allylic oxidation sites excluding steroid dienone is 6. The Labute approximate surface area is 220 Å². The largest absolute Gasteiger partial charge is 0.417 e. The molecule has 1 aliphatic rings. The van der Waals surface area contributed by atoms with Crippen LogP contribution in [0.1, 0.15) is 23.6 Å². The molecule has 1 aromatic carbocycles. The fourth-order valence-electron chi connectivity index (χ4n) is 3.54. The number of nitrogens with one attached hydrogen (secondary N) is 2. The van der Waals surface area contributed by atoms with Crippen molar-refractivity contribution in [3.63, 3.8) is 0 Å². The van der Waals surface area contributed by atoms with Crippen molar-refractivity contribution in [2.75, 3.05) is 12.4 Å². The Hall–Kier alpha value is -4.66. The van der Waals surface area contributed by atoms with Crippen LogP contribution in [0.2, 0.25) is 0 Å². The van der Waals surface area contributed by atoms with Gasteiger partial charge in [-0.1, -0.05) is 49.6 Å². The Bertz CT molecular complexity index is 1350. The quantitative estimate of drug-likeness (QED) is 0.386. The zero-order valence-electron chi connectivity index (χ0n) is 21.1. The predicted molar refractivity (Wildman–Crippen MR) is 146 cm³/mol. The van der Waals surface area contributed by atoms with Gasteiger partial charge in [-0.15, -0.1) is 0 Å². The number of pyridine rings is 1. The van der Waals surface area contributed by atoms with E-state index >= 15 is 0 Å². The van der Waals surface area contributed by atoms with Gasteiger partial charge in [-0.25, -0.2) is 4.99 Å². The van der Waals surface area contributed by atoms with E-state index in [1.165, 1.54) is 6.20 Å². The molecule has 2 heterocycles. The molecule has 6 nitrogen and oxygen atoms in total. The van der Waals surface area contributed by atoms with E-state index in [1.807, 2.05) is 61.5 Å². The van der Waals surface area contributed by atoms with Gasteiger partial charge in [0.05, 0.1) is 35.3 Å². The van der Waals surface area contributed by atoms with Crippen LogP contribution in [0.3, 0.4) is 0 Å². The van der Waals surface area contributed by atoms with Crippen molar-refractivity contribution < 1.29 is 18.0 Å². The Morgan fingerprint density at radius 3 is 2.55 bits per heavy atom. The molecule has 2 aromatic rings. The fraction of sp³-hybridized carbons (Fsp3) is 0.138. The second kappa shape index (κ2) is 12.5. The van der Waals surface area contributed by atoms with E-state index in [0.717, 1.165) is 28.6 Å². The number of halogens is 3. The van der Waals surface area contributed by atoms with E-state index in [9.17, 15) is 18.0 Å². The third kappa shape index (κ3) is 7.67. The average Bonchev–Trinajstić information content (AvgIpc) is 2.88. The topological polar surface area (TPSA) is 69.6 Å². The number of benzene rings is 1. The lowest BCUT2D eigenvalue weighted by Crippen LogP contribution is -2.19. The summed E-state index contributed by atoms with van der Waals surface area (Å²) in [7, 11) is 1.93. The number of nitrogens with zero attached hydrogens (tertiary/aromatic N) is 3. The number of alkyl halides is 3. The van der Waals surface area contributed by atoms with Crippen LogP contribution >= 0.6 is 0 Å². The van der Waals surface area contributed by atoms with Crippen LogP contribution in [-0.4, -0.2) is 29.1 Å². The summed E-state index contributed by atoms with van der Waals surface area (Å²) >= 11 is 0. The van der Waals surface area contributed by atoms with E-state index in [2.05, 4.69) is 33.8 Å². The lowest BCUT2D eigenvalue weighted by atomic mass is 10.0. The molecule has 0 spiro atoms. The first-order valence-corrected chi connectivity index (χ1v) is 11.6. The summed E-state index contributed by atoms with van der Waals surface area (Å²) in [5.74, 6) is -0.0179. The van der Waals surface area contributed by atoms with Crippen LogP contribution in [0, 0.1) is 0 Å². The van der Waals surface area contributed by atoms with Gasteiger partial charge in [0.1, 0.15) is 5.82 Å². The number of anilines is 1. The van der Waals surface area contributed by atoms with Crippen LogP contribution in [0.4, 0.5) is 18.9 Å². The molecule has 1 aromatic heterocycles. The van der Waals surface area contributed by atoms with Gasteiger partial charge in [-0.2, -0.15) is 13.2 Å². The number of rotatable bonds is 9. The van der Waals surface area contributed by atoms with Crippen LogP contribution in [0.5, 0.6) is 0 Å². The minimum atomic E-state index is -4.54. The number of likely N-dealkylation sites (N-methyl/N-ethyl adjacent to an activating group) is 1. The summed E-state index contributed by atoms with van der Waals surface area (Å²) in [6.07, 6.45) is 10.4. The van der Waals surface area contributed by atoms with Gasteiger partial charge in [0.25, 0.3) is 0 Å². The highest BCUT2D eigenvalue weighted by Gasteiger charge is 2.31.